The number of alkyl halides is 3. The summed E-state index contributed by atoms with van der Waals surface area (Å²) in [5, 5.41) is 18.9. The predicted octanol–water partition coefficient (Wildman–Crippen LogP) is 2.83. The Morgan fingerprint density at radius 1 is 1.45 bits per heavy atom. The van der Waals surface area contributed by atoms with Crippen molar-refractivity contribution in [1.82, 2.24) is 0 Å². The first-order valence-corrected chi connectivity index (χ1v) is 5.61. The van der Waals surface area contributed by atoms with E-state index in [1.54, 1.807) is 0 Å². The van der Waals surface area contributed by atoms with E-state index in [4.69, 9.17) is 16.4 Å². The summed E-state index contributed by atoms with van der Waals surface area (Å²) in [5.41, 5.74) is 4.88. The highest BCUT2D eigenvalue weighted by molar-refractivity contribution is 9.10. The molecule has 0 spiro atoms. The Morgan fingerprint density at radius 3 is 2.50 bits per heavy atom. The summed E-state index contributed by atoms with van der Waals surface area (Å²) in [7, 11) is 0. The number of hydrogen-bond acceptors (Lipinski definition) is 4. The molecule has 20 heavy (non-hydrogen) atoms. The molecule has 0 aliphatic carbocycles. The zero-order chi connectivity index (χ0) is 15.5. The number of amidine groups is 1. The van der Waals surface area contributed by atoms with E-state index in [-0.39, 0.29) is 5.69 Å². The third-order valence-electron chi connectivity index (χ3n) is 2.02. The van der Waals surface area contributed by atoms with Crippen LogP contribution < -0.4 is 11.2 Å². The van der Waals surface area contributed by atoms with Gasteiger partial charge in [-0.3, -0.25) is 10.8 Å². The number of benzene rings is 1. The minimum absolute atomic E-state index is 0.229. The molecule has 1 rings (SSSR count). The molecule has 1 aromatic carbocycles. The van der Waals surface area contributed by atoms with Crippen LogP contribution in [0.15, 0.2) is 21.7 Å². The number of nitrogens with zero attached hydrogens (tertiary/aromatic N) is 2. The van der Waals surface area contributed by atoms with Crippen molar-refractivity contribution < 1.29 is 17.6 Å². The molecule has 0 unspecified atom stereocenters. The van der Waals surface area contributed by atoms with Gasteiger partial charge in [-0.1, -0.05) is 0 Å². The summed E-state index contributed by atoms with van der Waals surface area (Å²) in [6, 6.07) is 3.07. The van der Waals surface area contributed by atoms with Crippen molar-refractivity contribution in [2.45, 2.75) is 6.18 Å². The van der Waals surface area contributed by atoms with Crippen LogP contribution in [0.25, 0.3) is 0 Å². The van der Waals surface area contributed by atoms with Crippen LogP contribution in [0.5, 0.6) is 0 Å². The summed E-state index contributed by atoms with van der Waals surface area (Å²) in [6.45, 7) is 0. The van der Waals surface area contributed by atoms with Crippen LogP contribution in [0.4, 0.5) is 23.2 Å². The average molecular weight is 352 g/mol. The average Bonchev–Trinajstić information content (AvgIpc) is 2.30. The maximum absolute atomic E-state index is 13.2. The fourth-order valence-corrected chi connectivity index (χ4v) is 1.80. The number of halogens is 5. The van der Waals surface area contributed by atoms with Crippen molar-refractivity contribution in [2.75, 3.05) is 5.43 Å². The second-order valence-electron chi connectivity index (χ2n) is 3.38. The number of nitrogens with two attached hydrogens (primary N) is 1. The van der Waals surface area contributed by atoms with Crippen LogP contribution in [0, 0.1) is 22.6 Å². The first-order chi connectivity index (χ1) is 9.18. The molecule has 0 radical (unpaired) electrons. The summed E-state index contributed by atoms with van der Waals surface area (Å²) in [4.78, 5) is 0. The normalized spacial score (nSPS) is 11.9. The standard InChI is InChI=1S/C10H6BrF4N5/c11-8-5(19-20-6(3-16)9(17)18)2-1-4(12)7(8)10(13,14)15/h1-2,19H,(H3,17,18)/b20-6+. The quantitative estimate of drug-likeness (QED) is 0.338. The SMILES string of the molecule is N#C/C(=N\Nc1ccc(F)c(C(F)(F)F)c1Br)C(=N)N. The Balaban J connectivity index is 3.24. The monoisotopic (exact) mass is 351 g/mol. The lowest BCUT2D eigenvalue weighted by Gasteiger charge is -2.13. The number of nitrogens with one attached hydrogen (secondary N) is 2. The van der Waals surface area contributed by atoms with Gasteiger partial charge in [0.2, 0.25) is 5.71 Å². The van der Waals surface area contributed by atoms with Gasteiger partial charge in [0.05, 0.1) is 10.2 Å². The minimum atomic E-state index is -4.90. The van der Waals surface area contributed by atoms with Crippen molar-refractivity contribution in [3.05, 3.63) is 28.0 Å². The predicted molar refractivity (Wildman–Crippen MR) is 67.7 cm³/mol. The Hall–Kier alpha value is -2.15. The molecule has 0 fully saturated rings. The highest BCUT2D eigenvalue weighted by Gasteiger charge is 2.37. The maximum atomic E-state index is 13.2. The third kappa shape index (κ3) is 3.45. The first-order valence-electron chi connectivity index (χ1n) is 4.82. The van der Waals surface area contributed by atoms with Gasteiger partial charge in [-0.15, -0.1) is 0 Å². The zero-order valence-electron chi connectivity index (χ0n) is 9.52. The van der Waals surface area contributed by atoms with E-state index in [0.717, 1.165) is 6.07 Å². The molecule has 0 aromatic heterocycles. The summed E-state index contributed by atoms with van der Waals surface area (Å²) in [6.07, 6.45) is -4.90. The van der Waals surface area contributed by atoms with Gasteiger partial charge in [0, 0.05) is 0 Å². The zero-order valence-corrected chi connectivity index (χ0v) is 11.1. The Bertz CT molecular complexity index is 617. The summed E-state index contributed by atoms with van der Waals surface area (Å²) >= 11 is 2.62. The molecule has 5 nitrogen and oxygen atoms in total. The lowest BCUT2D eigenvalue weighted by molar-refractivity contribution is -0.140. The maximum Gasteiger partial charge on any atom is 0.420 e. The van der Waals surface area contributed by atoms with Gasteiger partial charge in [0.15, 0.2) is 5.84 Å². The Labute approximate surface area is 118 Å². The van der Waals surface area contributed by atoms with Crippen molar-refractivity contribution in [3.63, 3.8) is 0 Å². The molecule has 106 valence electrons. The number of anilines is 1. The van der Waals surface area contributed by atoms with Crippen LogP contribution in [0.2, 0.25) is 0 Å². The van der Waals surface area contributed by atoms with Crippen LogP contribution in [0.1, 0.15) is 5.56 Å². The summed E-state index contributed by atoms with van der Waals surface area (Å²) < 4.78 is 50.5. The lowest BCUT2D eigenvalue weighted by atomic mass is 10.2. The van der Waals surface area contributed by atoms with E-state index in [9.17, 15) is 17.6 Å². The molecule has 0 atom stereocenters. The van der Waals surface area contributed by atoms with Crippen LogP contribution in [-0.4, -0.2) is 11.5 Å². The van der Waals surface area contributed by atoms with Crippen LogP contribution in [0.3, 0.4) is 0 Å². The molecule has 0 bridgehead atoms. The van der Waals surface area contributed by atoms with Crippen molar-refractivity contribution >= 4 is 33.2 Å². The fraction of sp³-hybridized carbons (Fsp3) is 0.100. The Kier molecular flexibility index (Phi) is 4.67. The first kappa shape index (κ1) is 15.9. The van der Waals surface area contributed by atoms with Gasteiger partial charge in [-0.05, 0) is 28.1 Å². The van der Waals surface area contributed by atoms with Gasteiger partial charge >= 0.3 is 6.18 Å². The smallest absolute Gasteiger partial charge is 0.382 e. The van der Waals surface area contributed by atoms with Gasteiger partial charge in [0.25, 0.3) is 0 Å². The number of nitriles is 1. The molecule has 0 aliphatic heterocycles. The second kappa shape index (κ2) is 5.87. The highest BCUT2D eigenvalue weighted by atomic mass is 79.9. The summed E-state index contributed by atoms with van der Waals surface area (Å²) in [5.74, 6) is -2.11. The number of hydrogen-bond donors (Lipinski definition) is 3. The van der Waals surface area contributed by atoms with Gasteiger partial charge < -0.3 is 5.73 Å². The van der Waals surface area contributed by atoms with E-state index in [1.165, 1.54) is 6.07 Å². The van der Waals surface area contributed by atoms with Crippen molar-refractivity contribution in [1.29, 1.82) is 10.7 Å². The third-order valence-corrected chi connectivity index (χ3v) is 2.85. The van der Waals surface area contributed by atoms with Gasteiger partial charge in [-0.25, -0.2) is 4.39 Å². The minimum Gasteiger partial charge on any atom is -0.382 e. The molecule has 0 aliphatic rings. The molecule has 0 saturated heterocycles. The van der Waals surface area contributed by atoms with Crippen molar-refractivity contribution in [2.24, 2.45) is 10.8 Å². The van der Waals surface area contributed by atoms with E-state index in [2.05, 4.69) is 26.5 Å². The molecular weight excluding hydrogens is 346 g/mol. The molecule has 10 heteroatoms. The van der Waals surface area contributed by atoms with E-state index >= 15 is 0 Å². The molecular formula is C10H6BrF4N5. The lowest BCUT2D eigenvalue weighted by Crippen LogP contribution is -2.22. The van der Waals surface area contributed by atoms with E-state index < -0.39 is 33.6 Å². The van der Waals surface area contributed by atoms with E-state index in [0.29, 0.717) is 6.07 Å². The van der Waals surface area contributed by atoms with Gasteiger partial charge in [0.1, 0.15) is 17.4 Å². The molecule has 0 saturated carbocycles. The van der Waals surface area contributed by atoms with E-state index in [1.807, 2.05) is 0 Å². The van der Waals surface area contributed by atoms with Crippen LogP contribution >= 0.6 is 15.9 Å². The number of hydrazone groups is 1. The molecule has 0 heterocycles. The topological polar surface area (TPSA) is 98.0 Å². The molecule has 0 amide bonds. The van der Waals surface area contributed by atoms with Gasteiger partial charge in [-0.2, -0.15) is 23.5 Å². The largest absolute Gasteiger partial charge is 0.420 e. The molecule has 1 aromatic rings. The fourth-order valence-electron chi connectivity index (χ4n) is 1.16. The Morgan fingerprint density at radius 2 is 2.05 bits per heavy atom. The number of rotatable bonds is 3. The second-order valence-corrected chi connectivity index (χ2v) is 4.17. The highest BCUT2D eigenvalue weighted by Crippen LogP contribution is 2.40. The van der Waals surface area contributed by atoms with Crippen LogP contribution in [-0.2, 0) is 6.18 Å². The van der Waals surface area contributed by atoms with Crippen molar-refractivity contribution in [3.8, 4) is 6.07 Å². The molecule has 4 N–H and O–H groups in total.